The third kappa shape index (κ3) is 4.29. The summed E-state index contributed by atoms with van der Waals surface area (Å²) in [6, 6.07) is 7.70. The Bertz CT molecular complexity index is 1070. The number of carbonyl (C=O) groups is 1. The number of alkyl halides is 6. The molecule has 3 nitrogen and oxygen atoms in total. The predicted molar refractivity (Wildman–Crippen MR) is 102 cm³/mol. The maximum absolute atomic E-state index is 13.1. The summed E-state index contributed by atoms with van der Waals surface area (Å²) in [4.78, 5) is 12.8. The van der Waals surface area contributed by atoms with Crippen LogP contribution in [0.2, 0.25) is 0 Å². The summed E-state index contributed by atoms with van der Waals surface area (Å²) in [5, 5.41) is 3.24. The average Bonchev–Trinajstić information content (AvgIpc) is 3.03. The first-order valence-corrected chi connectivity index (χ1v) is 8.89. The molecule has 3 aromatic rings. The molecule has 0 bridgehead atoms. The average molecular weight is 428 g/mol. The molecule has 0 amide bonds. The van der Waals surface area contributed by atoms with E-state index in [0.29, 0.717) is 23.0 Å². The molecule has 160 valence electrons. The Hall–Kier alpha value is -2.97. The van der Waals surface area contributed by atoms with Crippen molar-refractivity contribution in [2.24, 2.45) is 5.41 Å². The van der Waals surface area contributed by atoms with E-state index in [1.807, 2.05) is 0 Å². The predicted octanol–water partition coefficient (Wildman–Crippen LogP) is 7.11. The number of hydrogen-bond acceptors (Lipinski definition) is 2. The number of fused-ring (bicyclic) bond motifs is 1. The molecule has 30 heavy (non-hydrogen) atoms. The van der Waals surface area contributed by atoms with Gasteiger partial charge in [-0.15, -0.1) is 0 Å². The summed E-state index contributed by atoms with van der Waals surface area (Å²) >= 11 is 0. The molecule has 1 N–H and O–H groups in total. The molecule has 0 saturated heterocycles. The van der Waals surface area contributed by atoms with Gasteiger partial charge >= 0.3 is 12.4 Å². The van der Waals surface area contributed by atoms with Gasteiger partial charge in [-0.25, -0.2) is 0 Å². The monoisotopic (exact) mass is 428 g/mol. The fraction of sp³-hybridized carbons (Fsp3) is 0.286. The van der Waals surface area contributed by atoms with Gasteiger partial charge in [0.25, 0.3) is 0 Å². The fourth-order valence-corrected chi connectivity index (χ4v) is 3.01. The molecule has 0 saturated carbocycles. The van der Waals surface area contributed by atoms with Crippen LogP contribution in [-0.4, -0.2) is 10.5 Å². The summed E-state index contributed by atoms with van der Waals surface area (Å²) in [5.74, 6) is -0.272. The van der Waals surface area contributed by atoms with Crippen LogP contribution in [0.25, 0.3) is 10.9 Å². The van der Waals surface area contributed by atoms with Crippen molar-refractivity contribution in [1.29, 1.82) is 0 Å². The zero-order chi connectivity index (χ0) is 22.5. The molecule has 0 radical (unpaired) electrons. The van der Waals surface area contributed by atoms with Crippen LogP contribution in [0, 0.1) is 5.41 Å². The topological polar surface area (TPSA) is 34.0 Å². The number of aromatic nitrogens is 1. The van der Waals surface area contributed by atoms with E-state index in [0.717, 1.165) is 0 Å². The van der Waals surface area contributed by atoms with E-state index in [-0.39, 0.29) is 23.3 Å². The molecule has 0 aliphatic rings. The lowest BCUT2D eigenvalue weighted by molar-refractivity contribution is -0.143. The lowest BCUT2D eigenvalue weighted by Crippen LogP contribution is -2.26. The number of halogens is 6. The first-order valence-electron chi connectivity index (χ1n) is 8.89. The molecule has 0 unspecified atom stereocenters. The Morgan fingerprint density at radius 2 is 1.43 bits per heavy atom. The number of benzene rings is 2. The Morgan fingerprint density at radius 3 is 1.93 bits per heavy atom. The van der Waals surface area contributed by atoms with Crippen molar-refractivity contribution in [1.82, 2.24) is 4.57 Å². The Morgan fingerprint density at radius 1 is 0.867 bits per heavy atom. The molecule has 1 aromatic heterocycles. The highest BCUT2D eigenvalue weighted by molar-refractivity contribution is 6.01. The van der Waals surface area contributed by atoms with Crippen LogP contribution in [0.5, 0.6) is 0 Å². The number of nitrogens with one attached hydrogen (secondary N) is 1. The molecule has 0 fully saturated rings. The lowest BCUT2D eigenvalue weighted by Gasteiger charge is -2.20. The molecular formula is C21H18F6N2O. The summed E-state index contributed by atoms with van der Waals surface area (Å²) < 4.78 is 80.2. The molecule has 0 aliphatic heterocycles. The molecule has 3 rings (SSSR count). The zero-order valence-corrected chi connectivity index (χ0v) is 16.2. The van der Waals surface area contributed by atoms with Crippen molar-refractivity contribution in [3.8, 4) is 0 Å². The normalized spacial score (nSPS) is 13.0. The van der Waals surface area contributed by atoms with Crippen LogP contribution < -0.4 is 5.32 Å². The number of rotatable bonds is 2. The van der Waals surface area contributed by atoms with Crippen LogP contribution in [0.3, 0.4) is 0 Å². The molecule has 0 aliphatic carbocycles. The number of nitrogens with zero attached hydrogens (tertiary/aromatic N) is 1. The highest BCUT2D eigenvalue weighted by atomic mass is 19.4. The Kier molecular flexibility index (Phi) is 5.12. The van der Waals surface area contributed by atoms with Gasteiger partial charge in [0, 0.05) is 22.7 Å². The molecule has 9 heteroatoms. The Balaban J connectivity index is 2.15. The van der Waals surface area contributed by atoms with Gasteiger partial charge in [-0.1, -0.05) is 32.9 Å². The van der Waals surface area contributed by atoms with Crippen molar-refractivity contribution in [2.45, 2.75) is 33.1 Å². The van der Waals surface area contributed by atoms with Crippen LogP contribution in [0.4, 0.5) is 37.7 Å². The summed E-state index contributed by atoms with van der Waals surface area (Å²) in [6.07, 6.45) is -8.38. The molecule has 0 atom stereocenters. The Labute approximate surface area is 168 Å². The minimum absolute atomic E-state index is 0.0671. The van der Waals surface area contributed by atoms with Crippen molar-refractivity contribution in [3.63, 3.8) is 0 Å². The van der Waals surface area contributed by atoms with E-state index in [2.05, 4.69) is 5.32 Å². The van der Waals surface area contributed by atoms with Gasteiger partial charge < -0.3 is 5.32 Å². The second-order valence-corrected chi connectivity index (χ2v) is 7.90. The van der Waals surface area contributed by atoms with E-state index >= 15 is 0 Å². The van der Waals surface area contributed by atoms with Crippen LogP contribution in [0.1, 0.15) is 36.7 Å². The number of hydrogen-bond donors (Lipinski definition) is 1. The molecule has 0 spiro atoms. The van der Waals surface area contributed by atoms with Crippen LogP contribution in [0.15, 0.2) is 48.7 Å². The smallest absolute Gasteiger partial charge is 0.354 e. The number of para-hydroxylation sites is 1. The van der Waals surface area contributed by atoms with E-state index in [4.69, 9.17) is 0 Å². The highest BCUT2D eigenvalue weighted by Gasteiger charge is 2.37. The summed E-state index contributed by atoms with van der Waals surface area (Å²) in [6.45, 7) is 5.12. The summed E-state index contributed by atoms with van der Waals surface area (Å²) in [5.41, 5.74) is -3.41. The second-order valence-electron chi connectivity index (χ2n) is 7.90. The van der Waals surface area contributed by atoms with E-state index in [9.17, 15) is 31.1 Å². The van der Waals surface area contributed by atoms with Gasteiger partial charge in [0.2, 0.25) is 5.91 Å². The van der Waals surface area contributed by atoms with Gasteiger partial charge in [-0.2, -0.15) is 26.3 Å². The van der Waals surface area contributed by atoms with Crippen molar-refractivity contribution in [2.75, 3.05) is 5.32 Å². The second kappa shape index (κ2) is 7.07. The van der Waals surface area contributed by atoms with Gasteiger partial charge in [-0.05, 0) is 30.3 Å². The highest BCUT2D eigenvalue weighted by Crippen LogP contribution is 2.39. The van der Waals surface area contributed by atoms with Crippen molar-refractivity contribution < 1.29 is 31.1 Å². The van der Waals surface area contributed by atoms with E-state index < -0.39 is 28.9 Å². The van der Waals surface area contributed by atoms with Crippen molar-refractivity contribution in [3.05, 3.63) is 59.8 Å². The third-order valence-electron chi connectivity index (χ3n) is 4.44. The lowest BCUT2D eigenvalue weighted by atomic mass is 9.95. The SMILES string of the molecule is CC(C)(C)C(=O)n1ccc2cccc(Nc3cc(C(F)(F)F)cc(C(F)(F)F)c3)c21. The van der Waals surface area contributed by atoms with Crippen LogP contribution in [-0.2, 0) is 12.4 Å². The first-order chi connectivity index (χ1) is 13.7. The maximum Gasteiger partial charge on any atom is 0.416 e. The van der Waals surface area contributed by atoms with Crippen LogP contribution >= 0.6 is 0 Å². The van der Waals surface area contributed by atoms with Gasteiger partial charge in [0.15, 0.2) is 0 Å². The number of carbonyl (C=O) groups excluding carboxylic acids is 1. The van der Waals surface area contributed by atoms with Crippen molar-refractivity contribution >= 4 is 28.2 Å². The maximum atomic E-state index is 13.1. The van der Waals surface area contributed by atoms with Gasteiger partial charge in [0.1, 0.15) is 0 Å². The number of anilines is 2. The zero-order valence-electron chi connectivity index (χ0n) is 16.2. The summed E-state index contributed by atoms with van der Waals surface area (Å²) in [7, 11) is 0. The van der Waals surface area contributed by atoms with E-state index in [1.54, 1.807) is 39.0 Å². The largest absolute Gasteiger partial charge is 0.416 e. The van der Waals surface area contributed by atoms with Gasteiger partial charge in [-0.3, -0.25) is 9.36 Å². The third-order valence-corrected chi connectivity index (χ3v) is 4.44. The fourth-order valence-electron chi connectivity index (χ4n) is 3.01. The first kappa shape index (κ1) is 21.7. The quantitative estimate of drug-likeness (QED) is 0.442. The minimum Gasteiger partial charge on any atom is -0.354 e. The molecule has 2 aromatic carbocycles. The molecule has 1 heterocycles. The molecular weight excluding hydrogens is 410 g/mol. The van der Waals surface area contributed by atoms with E-state index in [1.165, 1.54) is 16.8 Å². The minimum atomic E-state index is -4.95. The van der Waals surface area contributed by atoms with Gasteiger partial charge in [0.05, 0.1) is 22.3 Å². The standard InChI is InChI=1S/C21H18F6N2O/c1-19(2,3)18(30)29-8-7-12-5-4-6-16(17(12)29)28-15-10-13(20(22,23)24)9-14(11-15)21(25,26)27/h4-11,28H,1-3H3.